The second-order valence-electron chi connectivity index (χ2n) is 3.86. The van der Waals surface area contributed by atoms with Crippen molar-refractivity contribution >= 4 is 46.6 Å². The molecule has 1 N–H and O–H groups in total. The van der Waals surface area contributed by atoms with Crippen LogP contribution in [0.3, 0.4) is 0 Å². The molecule has 1 saturated heterocycles. The smallest absolute Gasteiger partial charge is 0.279 e. The number of nitrogens with one attached hydrogen (secondary N) is 1. The lowest BCUT2D eigenvalue weighted by atomic mass is 10.4. The highest BCUT2D eigenvalue weighted by Gasteiger charge is 2.19. The minimum atomic E-state index is -0.358. The van der Waals surface area contributed by atoms with Gasteiger partial charge < -0.3 is 4.90 Å². The van der Waals surface area contributed by atoms with E-state index < -0.39 is 0 Å². The van der Waals surface area contributed by atoms with Gasteiger partial charge in [-0.15, -0.1) is 0 Å². The maximum Gasteiger partial charge on any atom is 0.279 e. The average Bonchev–Trinajstić information content (AvgIpc) is 2.69. The zero-order chi connectivity index (χ0) is 13.1. The van der Waals surface area contributed by atoms with Gasteiger partial charge in [0.05, 0.1) is 5.02 Å². The van der Waals surface area contributed by atoms with Crippen molar-refractivity contribution in [1.82, 2.24) is 20.0 Å². The van der Waals surface area contributed by atoms with E-state index in [-0.39, 0.29) is 11.6 Å². The van der Waals surface area contributed by atoms with Crippen molar-refractivity contribution in [3.63, 3.8) is 0 Å². The molecule has 98 valence electrons. The van der Waals surface area contributed by atoms with Crippen molar-refractivity contribution in [2.45, 2.75) is 0 Å². The second-order valence-corrected chi connectivity index (χ2v) is 5.88. The Labute approximate surface area is 120 Å². The number of hydrogen-bond acceptors (Lipinski definition) is 4. The number of aromatic nitrogens is 2. The summed E-state index contributed by atoms with van der Waals surface area (Å²) >= 11 is 13.0. The first-order valence-electron chi connectivity index (χ1n) is 5.45. The molecule has 0 atom stereocenters. The fraction of sp³-hybridized carbons (Fsp3) is 0.500. The van der Waals surface area contributed by atoms with Crippen molar-refractivity contribution in [3.8, 4) is 0 Å². The first-order chi connectivity index (χ1) is 8.58. The van der Waals surface area contributed by atoms with Gasteiger partial charge in [-0.2, -0.15) is 16.9 Å². The number of hydrogen-bond donors (Lipinski definition) is 1. The summed E-state index contributed by atoms with van der Waals surface area (Å²) in [5.74, 6) is 1.70. The Balaban J connectivity index is 1.98. The second kappa shape index (κ2) is 5.90. The van der Waals surface area contributed by atoms with Crippen LogP contribution in [0.25, 0.3) is 0 Å². The molecule has 1 aliphatic heterocycles. The van der Waals surface area contributed by atoms with E-state index in [9.17, 15) is 4.79 Å². The monoisotopic (exact) mass is 304 g/mol. The third-order valence-electron chi connectivity index (χ3n) is 2.52. The Morgan fingerprint density at radius 1 is 1.56 bits per heavy atom. The number of aryl methyl sites for hydroxylation is 1. The molecular formula is C10H13ClN4OS2. The van der Waals surface area contributed by atoms with Crippen LogP contribution in [0.15, 0.2) is 6.20 Å². The van der Waals surface area contributed by atoms with Gasteiger partial charge in [0.25, 0.3) is 5.91 Å². The number of thiocarbonyl (C=S) groups is 1. The van der Waals surface area contributed by atoms with Crippen molar-refractivity contribution in [1.29, 1.82) is 0 Å². The molecule has 2 rings (SSSR count). The Morgan fingerprint density at radius 3 is 2.78 bits per heavy atom. The van der Waals surface area contributed by atoms with Crippen LogP contribution in [-0.4, -0.2) is 50.3 Å². The van der Waals surface area contributed by atoms with Crippen LogP contribution >= 0.6 is 35.6 Å². The van der Waals surface area contributed by atoms with Gasteiger partial charge in [0.15, 0.2) is 10.8 Å². The summed E-state index contributed by atoms with van der Waals surface area (Å²) in [6.45, 7) is 1.72. The first-order valence-corrected chi connectivity index (χ1v) is 7.39. The van der Waals surface area contributed by atoms with E-state index in [1.54, 1.807) is 13.2 Å². The number of carbonyl (C=O) groups is 1. The van der Waals surface area contributed by atoms with Gasteiger partial charge in [0, 0.05) is 37.8 Å². The van der Waals surface area contributed by atoms with E-state index in [4.69, 9.17) is 23.8 Å². The van der Waals surface area contributed by atoms with Crippen LogP contribution in [0.2, 0.25) is 5.02 Å². The molecular weight excluding hydrogens is 292 g/mol. The van der Waals surface area contributed by atoms with E-state index in [1.165, 1.54) is 4.68 Å². The van der Waals surface area contributed by atoms with Crippen molar-refractivity contribution < 1.29 is 4.79 Å². The molecule has 0 spiro atoms. The normalized spacial score (nSPS) is 15.6. The van der Waals surface area contributed by atoms with Crippen LogP contribution in [0.5, 0.6) is 0 Å². The number of thioether (sulfide) groups is 1. The van der Waals surface area contributed by atoms with E-state index in [0.717, 1.165) is 24.6 Å². The molecule has 1 fully saturated rings. The van der Waals surface area contributed by atoms with Gasteiger partial charge in [-0.3, -0.25) is 14.8 Å². The average molecular weight is 305 g/mol. The lowest BCUT2D eigenvalue weighted by molar-refractivity contribution is 0.0968. The lowest BCUT2D eigenvalue weighted by Crippen LogP contribution is -2.46. The molecule has 18 heavy (non-hydrogen) atoms. The number of nitrogens with zero attached hydrogens (tertiary/aromatic N) is 3. The zero-order valence-electron chi connectivity index (χ0n) is 9.85. The number of amides is 1. The summed E-state index contributed by atoms with van der Waals surface area (Å²) in [6.07, 6.45) is 1.58. The molecule has 1 aliphatic rings. The van der Waals surface area contributed by atoms with Crippen LogP contribution in [-0.2, 0) is 7.05 Å². The third-order valence-corrected chi connectivity index (χ3v) is 4.10. The van der Waals surface area contributed by atoms with E-state index in [1.807, 2.05) is 16.7 Å². The summed E-state index contributed by atoms with van der Waals surface area (Å²) in [4.78, 5) is 13.9. The van der Waals surface area contributed by atoms with Gasteiger partial charge in [-0.1, -0.05) is 11.6 Å². The molecule has 1 aromatic rings. The van der Waals surface area contributed by atoms with Gasteiger partial charge in [-0.25, -0.2) is 0 Å². The molecule has 2 heterocycles. The quantitative estimate of drug-likeness (QED) is 0.789. The van der Waals surface area contributed by atoms with Crippen LogP contribution < -0.4 is 5.32 Å². The predicted octanol–water partition coefficient (Wildman–Crippen LogP) is 1.14. The molecule has 5 nitrogen and oxygen atoms in total. The Morgan fingerprint density at radius 2 is 2.22 bits per heavy atom. The maximum absolute atomic E-state index is 11.9. The highest BCUT2D eigenvalue weighted by molar-refractivity contribution is 7.99. The Kier molecular flexibility index (Phi) is 4.47. The van der Waals surface area contributed by atoms with Gasteiger partial charge >= 0.3 is 0 Å². The van der Waals surface area contributed by atoms with Gasteiger partial charge in [-0.05, 0) is 12.2 Å². The molecule has 0 bridgehead atoms. The topological polar surface area (TPSA) is 50.2 Å². The van der Waals surface area contributed by atoms with Crippen molar-refractivity contribution in [3.05, 3.63) is 16.9 Å². The summed E-state index contributed by atoms with van der Waals surface area (Å²) in [5, 5.41) is 7.44. The number of rotatable bonds is 1. The predicted molar refractivity (Wildman–Crippen MR) is 77.2 cm³/mol. The highest BCUT2D eigenvalue weighted by Crippen LogP contribution is 2.13. The summed E-state index contributed by atoms with van der Waals surface area (Å²) in [5.41, 5.74) is 0.202. The number of halogens is 1. The van der Waals surface area contributed by atoms with Gasteiger partial charge in [0.1, 0.15) is 0 Å². The van der Waals surface area contributed by atoms with E-state index >= 15 is 0 Å². The van der Waals surface area contributed by atoms with Crippen molar-refractivity contribution in [2.75, 3.05) is 24.6 Å². The molecule has 0 aliphatic carbocycles. The Bertz CT molecular complexity index is 470. The molecule has 0 unspecified atom stereocenters. The van der Waals surface area contributed by atoms with E-state index in [2.05, 4.69) is 10.4 Å². The molecule has 0 aromatic carbocycles. The third kappa shape index (κ3) is 3.15. The summed E-state index contributed by atoms with van der Waals surface area (Å²) in [7, 11) is 1.71. The minimum absolute atomic E-state index is 0.202. The molecule has 0 radical (unpaired) electrons. The van der Waals surface area contributed by atoms with Crippen LogP contribution in [0.4, 0.5) is 0 Å². The molecule has 1 amide bonds. The van der Waals surface area contributed by atoms with Gasteiger partial charge in [0.2, 0.25) is 0 Å². The number of carbonyl (C=O) groups excluding carboxylic acids is 1. The van der Waals surface area contributed by atoms with E-state index in [0.29, 0.717) is 10.1 Å². The fourth-order valence-corrected chi connectivity index (χ4v) is 3.06. The minimum Gasteiger partial charge on any atom is -0.347 e. The van der Waals surface area contributed by atoms with Crippen molar-refractivity contribution in [2.24, 2.45) is 7.05 Å². The first kappa shape index (κ1) is 13.6. The Hall–Kier alpha value is -0.790. The maximum atomic E-state index is 11.9. The summed E-state index contributed by atoms with van der Waals surface area (Å²) < 4.78 is 1.50. The van der Waals surface area contributed by atoms with Crippen LogP contribution in [0.1, 0.15) is 10.5 Å². The largest absolute Gasteiger partial charge is 0.347 e. The highest BCUT2D eigenvalue weighted by atomic mass is 35.5. The standard InChI is InChI=1S/C10H13ClN4OS2/c1-14-6-7(11)8(13-14)9(16)12-10(17)15-2-4-18-5-3-15/h6H,2-5H2,1H3,(H,12,16,17). The molecule has 1 aromatic heterocycles. The molecule has 8 heteroatoms. The lowest BCUT2D eigenvalue weighted by Gasteiger charge is -2.28. The molecule has 0 saturated carbocycles. The van der Waals surface area contributed by atoms with Crippen LogP contribution in [0, 0.1) is 0 Å². The summed E-state index contributed by atoms with van der Waals surface area (Å²) in [6, 6.07) is 0. The fourth-order valence-electron chi connectivity index (χ4n) is 1.62. The zero-order valence-corrected chi connectivity index (χ0v) is 12.2. The SMILES string of the molecule is Cn1cc(Cl)c(C(=O)NC(=S)N2CCSCC2)n1.